The summed E-state index contributed by atoms with van der Waals surface area (Å²) in [4.78, 5) is 18.3. The Labute approximate surface area is 173 Å². The van der Waals surface area contributed by atoms with Gasteiger partial charge in [-0.1, -0.05) is 36.4 Å². The molecule has 5 heteroatoms. The van der Waals surface area contributed by atoms with Crippen LogP contribution in [0, 0.1) is 0 Å². The molecule has 5 nitrogen and oxygen atoms in total. The number of methoxy groups -OCH3 is 3. The van der Waals surface area contributed by atoms with Crippen molar-refractivity contribution in [3.8, 4) is 39.6 Å². The lowest BCUT2D eigenvalue weighted by Crippen LogP contribution is -2.01. The Balaban J connectivity index is 1.91. The van der Waals surface area contributed by atoms with Crippen LogP contribution in [-0.2, 0) is 0 Å². The molecule has 0 saturated carbocycles. The lowest BCUT2D eigenvalue weighted by atomic mass is 9.93. The van der Waals surface area contributed by atoms with Crippen molar-refractivity contribution in [2.24, 2.45) is 0 Å². The third kappa shape index (κ3) is 2.55. The van der Waals surface area contributed by atoms with Crippen LogP contribution in [-0.4, -0.2) is 32.1 Å². The first-order valence-corrected chi connectivity index (χ1v) is 9.54. The first-order valence-electron chi connectivity index (χ1n) is 9.54. The molecule has 0 unspecified atom stereocenters. The second kappa shape index (κ2) is 6.88. The maximum absolute atomic E-state index is 13.4. The second-order valence-corrected chi connectivity index (χ2v) is 7.04. The molecule has 0 radical (unpaired) electrons. The molecule has 0 N–H and O–H groups in total. The summed E-state index contributed by atoms with van der Waals surface area (Å²) in [6.07, 6.45) is 0. The van der Waals surface area contributed by atoms with Crippen molar-refractivity contribution in [2.45, 2.75) is 0 Å². The Morgan fingerprint density at radius 3 is 2.07 bits per heavy atom. The van der Waals surface area contributed by atoms with E-state index in [1.165, 1.54) is 0 Å². The van der Waals surface area contributed by atoms with E-state index >= 15 is 0 Å². The zero-order chi connectivity index (χ0) is 20.8. The van der Waals surface area contributed by atoms with Gasteiger partial charge in [-0.05, 0) is 23.8 Å². The lowest BCUT2D eigenvalue weighted by Gasteiger charge is -2.15. The number of hydrogen-bond donors (Lipinski definition) is 0. The number of ether oxygens (including phenoxy) is 3. The van der Waals surface area contributed by atoms with Crippen molar-refractivity contribution in [3.63, 3.8) is 0 Å². The molecule has 30 heavy (non-hydrogen) atoms. The molecule has 1 aromatic heterocycles. The predicted octanol–water partition coefficient (Wildman–Crippen LogP) is 5.14. The average molecular weight is 397 g/mol. The molecular weight excluding hydrogens is 378 g/mol. The molecule has 1 heterocycles. The summed E-state index contributed by atoms with van der Waals surface area (Å²) in [7, 11) is 4.82. The van der Waals surface area contributed by atoms with Crippen LogP contribution in [0.4, 0.5) is 0 Å². The number of nitrogens with zero attached hydrogens (tertiary/aromatic N) is 1. The maximum Gasteiger partial charge on any atom is 0.196 e. The van der Waals surface area contributed by atoms with E-state index in [9.17, 15) is 4.79 Å². The summed E-state index contributed by atoms with van der Waals surface area (Å²) in [5, 5.41) is 0.831. The van der Waals surface area contributed by atoms with Gasteiger partial charge in [-0.25, -0.2) is 4.98 Å². The van der Waals surface area contributed by atoms with Gasteiger partial charge in [-0.3, -0.25) is 4.79 Å². The van der Waals surface area contributed by atoms with Gasteiger partial charge in [-0.2, -0.15) is 0 Å². The van der Waals surface area contributed by atoms with Crippen molar-refractivity contribution in [1.82, 2.24) is 4.98 Å². The molecule has 148 valence electrons. The molecule has 1 aliphatic carbocycles. The summed E-state index contributed by atoms with van der Waals surface area (Å²) in [6, 6.07) is 19.0. The lowest BCUT2D eigenvalue weighted by molar-refractivity contribution is 0.104. The Kier molecular flexibility index (Phi) is 4.17. The number of ketones is 1. The van der Waals surface area contributed by atoms with Crippen molar-refractivity contribution >= 4 is 16.7 Å². The molecule has 0 aliphatic heterocycles. The highest BCUT2D eigenvalue weighted by Gasteiger charge is 2.32. The van der Waals surface area contributed by atoms with Gasteiger partial charge >= 0.3 is 0 Å². The van der Waals surface area contributed by atoms with Gasteiger partial charge in [0.1, 0.15) is 5.75 Å². The second-order valence-electron chi connectivity index (χ2n) is 7.04. The van der Waals surface area contributed by atoms with Gasteiger partial charge in [0.2, 0.25) is 0 Å². The van der Waals surface area contributed by atoms with Crippen LogP contribution in [0.1, 0.15) is 15.9 Å². The summed E-state index contributed by atoms with van der Waals surface area (Å²) >= 11 is 0. The van der Waals surface area contributed by atoms with Crippen LogP contribution >= 0.6 is 0 Å². The first kappa shape index (κ1) is 18.2. The number of fused-ring (bicyclic) bond motifs is 4. The van der Waals surface area contributed by atoms with Gasteiger partial charge in [0.15, 0.2) is 17.3 Å². The fraction of sp³-hybridized carbons (Fsp3) is 0.120. The van der Waals surface area contributed by atoms with Crippen molar-refractivity contribution in [1.29, 1.82) is 0 Å². The highest BCUT2D eigenvalue weighted by atomic mass is 16.5. The van der Waals surface area contributed by atoms with Crippen molar-refractivity contribution in [2.75, 3.05) is 21.3 Å². The number of hydrogen-bond acceptors (Lipinski definition) is 5. The Bertz CT molecular complexity index is 1310. The molecule has 0 amide bonds. The Morgan fingerprint density at radius 1 is 0.733 bits per heavy atom. The molecule has 0 saturated heterocycles. The van der Waals surface area contributed by atoms with Crippen LogP contribution in [0.25, 0.3) is 33.3 Å². The summed E-state index contributed by atoms with van der Waals surface area (Å²) in [6.45, 7) is 0. The van der Waals surface area contributed by atoms with Crippen LogP contribution < -0.4 is 14.2 Å². The zero-order valence-electron chi connectivity index (χ0n) is 16.9. The minimum Gasteiger partial charge on any atom is -0.497 e. The number of aromatic nitrogens is 1. The van der Waals surface area contributed by atoms with E-state index in [2.05, 4.69) is 0 Å². The SMILES string of the molecule is COc1ccc(-c2c3c(nc4cc(OC)c(OC)cc24)-c2ccccc2C3=O)cc1. The summed E-state index contributed by atoms with van der Waals surface area (Å²) < 4.78 is 16.3. The van der Waals surface area contributed by atoms with Gasteiger partial charge in [0.25, 0.3) is 0 Å². The molecule has 3 aromatic carbocycles. The van der Waals surface area contributed by atoms with Crippen LogP contribution in [0.2, 0.25) is 0 Å². The number of carbonyl (C=O) groups excluding carboxylic acids is 1. The van der Waals surface area contributed by atoms with E-state index in [0.29, 0.717) is 28.3 Å². The maximum atomic E-state index is 13.4. The van der Waals surface area contributed by atoms with E-state index < -0.39 is 0 Å². The molecule has 0 fully saturated rings. The highest BCUT2D eigenvalue weighted by molar-refractivity contribution is 6.26. The smallest absolute Gasteiger partial charge is 0.196 e. The van der Waals surface area contributed by atoms with Crippen LogP contribution in [0.15, 0.2) is 60.7 Å². The van der Waals surface area contributed by atoms with Crippen LogP contribution in [0.3, 0.4) is 0 Å². The third-order valence-electron chi connectivity index (χ3n) is 5.52. The van der Waals surface area contributed by atoms with E-state index in [1.807, 2.05) is 60.7 Å². The minimum absolute atomic E-state index is 0.0180. The molecule has 4 aromatic rings. The zero-order valence-corrected chi connectivity index (χ0v) is 16.9. The normalized spacial score (nSPS) is 11.9. The molecule has 0 spiro atoms. The molecule has 5 rings (SSSR count). The highest BCUT2D eigenvalue weighted by Crippen LogP contribution is 2.46. The van der Waals surface area contributed by atoms with E-state index in [1.54, 1.807) is 21.3 Å². The molecule has 0 bridgehead atoms. The van der Waals surface area contributed by atoms with Crippen LogP contribution in [0.5, 0.6) is 17.2 Å². The minimum atomic E-state index is -0.0180. The predicted molar refractivity (Wildman–Crippen MR) is 116 cm³/mol. The number of rotatable bonds is 4. The Hall–Kier alpha value is -3.86. The topological polar surface area (TPSA) is 57.6 Å². The fourth-order valence-electron chi connectivity index (χ4n) is 4.09. The molecule has 1 aliphatic rings. The van der Waals surface area contributed by atoms with Crippen molar-refractivity contribution in [3.05, 3.63) is 71.8 Å². The summed E-state index contributed by atoms with van der Waals surface area (Å²) in [5.41, 5.74) is 5.31. The average Bonchev–Trinajstić information content (AvgIpc) is 3.08. The fourth-order valence-corrected chi connectivity index (χ4v) is 4.09. The standard InChI is InChI=1S/C25H19NO4/c1-28-15-10-8-14(9-11-15)22-18-12-20(29-2)21(30-3)13-19(18)26-24-16-6-4-5-7-17(16)25(27)23(22)24/h4-13H,1-3H3. The van der Waals surface area contributed by atoms with Gasteiger partial charge < -0.3 is 14.2 Å². The van der Waals surface area contributed by atoms with E-state index in [-0.39, 0.29) is 5.78 Å². The summed E-state index contributed by atoms with van der Waals surface area (Å²) in [5.74, 6) is 1.92. The first-order chi connectivity index (χ1) is 14.7. The monoisotopic (exact) mass is 397 g/mol. The van der Waals surface area contributed by atoms with E-state index in [0.717, 1.165) is 33.3 Å². The number of benzene rings is 3. The van der Waals surface area contributed by atoms with Crippen molar-refractivity contribution < 1.29 is 19.0 Å². The third-order valence-corrected chi connectivity index (χ3v) is 5.52. The van der Waals surface area contributed by atoms with E-state index in [4.69, 9.17) is 19.2 Å². The number of carbonyl (C=O) groups is 1. The Morgan fingerprint density at radius 2 is 1.40 bits per heavy atom. The van der Waals surface area contributed by atoms with Gasteiger partial charge in [-0.15, -0.1) is 0 Å². The largest absolute Gasteiger partial charge is 0.497 e. The number of pyridine rings is 1. The molecule has 0 atom stereocenters. The van der Waals surface area contributed by atoms with Gasteiger partial charge in [0.05, 0.1) is 38.1 Å². The quantitative estimate of drug-likeness (QED) is 0.420. The molecular formula is C25H19NO4. The van der Waals surface area contributed by atoms with Gasteiger partial charge in [0, 0.05) is 28.1 Å².